The topological polar surface area (TPSA) is 38.4 Å². The molecule has 0 spiro atoms. The van der Waals surface area contributed by atoms with Gasteiger partial charge in [0.05, 0.1) is 0 Å². The number of nitrogens with two attached hydrogens (primary N) is 1. The minimum Gasteiger partial charge on any atom is -0.325 e. The predicted octanol–water partition coefficient (Wildman–Crippen LogP) is 1.75. The first-order chi connectivity index (χ1) is 5.83. The molecule has 2 aliphatic rings. The monoisotopic (exact) mass is 180 g/mol. The molecule has 64 valence electrons. The molecule has 0 bridgehead atoms. The van der Waals surface area contributed by atoms with Crippen molar-refractivity contribution >= 4 is 17.7 Å². The lowest BCUT2D eigenvalue weighted by atomic mass is 9.86. The summed E-state index contributed by atoms with van der Waals surface area (Å²) in [4.78, 5) is 1.35. The highest BCUT2D eigenvalue weighted by atomic mass is 32.2. The van der Waals surface area contributed by atoms with Crippen LogP contribution in [0.1, 0.15) is 6.92 Å². The van der Waals surface area contributed by atoms with Gasteiger partial charge < -0.3 is 5.73 Å². The lowest BCUT2D eigenvalue weighted by Crippen LogP contribution is -2.26. The minimum absolute atomic E-state index is 0.477. The zero-order valence-corrected chi connectivity index (χ0v) is 7.84. The zero-order valence-electron chi connectivity index (χ0n) is 7.03. The van der Waals surface area contributed by atoms with Gasteiger partial charge in [-0.15, -0.1) is 0 Å². The normalized spacial score (nSPS) is 32.8. The third kappa shape index (κ3) is 1.13. The molecule has 2 atom stereocenters. The van der Waals surface area contributed by atoms with Gasteiger partial charge in [-0.3, -0.25) is 0 Å². The molecule has 1 unspecified atom stereocenters. The maximum absolute atomic E-state index is 5.61. The molecule has 2 rings (SSSR count). The standard InChI is InChI=1S/C9H12N2S/c1-6-3-2-4-8-9(6)7(5-10)11-12-8/h2-4,6,9H,5,10H2,1H3/t6-,9?/m0/s1. The minimum atomic E-state index is 0.477. The van der Waals surface area contributed by atoms with Gasteiger partial charge in [0, 0.05) is 35.0 Å². The molecule has 0 amide bonds. The van der Waals surface area contributed by atoms with Gasteiger partial charge >= 0.3 is 0 Å². The largest absolute Gasteiger partial charge is 0.325 e. The molecule has 0 aromatic rings. The van der Waals surface area contributed by atoms with Crippen LogP contribution in [-0.4, -0.2) is 12.3 Å². The first-order valence-corrected chi connectivity index (χ1v) is 4.92. The van der Waals surface area contributed by atoms with Gasteiger partial charge in [-0.05, 0) is 5.92 Å². The predicted molar refractivity (Wildman–Crippen MR) is 54.0 cm³/mol. The smallest absolute Gasteiger partial charge is 0.0488 e. The first kappa shape index (κ1) is 8.08. The van der Waals surface area contributed by atoms with Gasteiger partial charge in [0.15, 0.2) is 0 Å². The summed E-state index contributed by atoms with van der Waals surface area (Å²) < 4.78 is 4.35. The average molecular weight is 180 g/mol. The molecule has 0 aromatic heterocycles. The second kappa shape index (κ2) is 3.07. The molecule has 12 heavy (non-hydrogen) atoms. The van der Waals surface area contributed by atoms with Crippen LogP contribution >= 0.6 is 11.9 Å². The maximum Gasteiger partial charge on any atom is 0.0488 e. The third-order valence-electron chi connectivity index (χ3n) is 2.34. The lowest BCUT2D eigenvalue weighted by molar-refractivity contribution is 0.628. The molecule has 0 fully saturated rings. The van der Waals surface area contributed by atoms with E-state index in [1.807, 2.05) is 0 Å². The highest BCUT2D eigenvalue weighted by Crippen LogP contribution is 2.40. The van der Waals surface area contributed by atoms with Crippen molar-refractivity contribution in [1.82, 2.24) is 0 Å². The second-order valence-corrected chi connectivity index (χ2v) is 4.01. The Morgan fingerprint density at radius 3 is 3.25 bits per heavy atom. The van der Waals surface area contributed by atoms with Gasteiger partial charge in [-0.1, -0.05) is 25.2 Å². The Kier molecular flexibility index (Phi) is 2.07. The summed E-state index contributed by atoms with van der Waals surface area (Å²) in [5, 5.41) is 0. The second-order valence-electron chi connectivity index (χ2n) is 3.17. The number of rotatable bonds is 1. The van der Waals surface area contributed by atoms with E-state index in [2.05, 4.69) is 29.5 Å². The van der Waals surface area contributed by atoms with E-state index in [4.69, 9.17) is 5.73 Å². The summed E-state index contributed by atoms with van der Waals surface area (Å²) in [7, 11) is 0. The quantitative estimate of drug-likeness (QED) is 0.624. The van der Waals surface area contributed by atoms with Crippen LogP contribution in [0.15, 0.2) is 27.5 Å². The molecule has 1 aliphatic carbocycles. The highest BCUT2D eigenvalue weighted by molar-refractivity contribution is 8.02. The van der Waals surface area contributed by atoms with Crippen molar-refractivity contribution in [2.45, 2.75) is 6.92 Å². The Balaban J connectivity index is 2.28. The molecule has 0 aromatic carbocycles. The van der Waals surface area contributed by atoms with Gasteiger partial charge in [0.2, 0.25) is 0 Å². The van der Waals surface area contributed by atoms with E-state index in [0.717, 1.165) is 5.71 Å². The summed E-state index contributed by atoms with van der Waals surface area (Å²) in [5.41, 5.74) is 6.75. The van der Waals surface area contributed by atoms with E-state index < -0.39 is 0 Å². The maximum atomic E-state index is 5.61. The number of hydrogen-bond donors (Lipinski definition) is 1. The summed E-state index contributed by atoms with van der Waals surface area (Å²) in [5.74, 6) is 1.03. The fourth-order valence-electron chi connectivity index (χ4n) is 1.69. The number of allylic oxidation sites excluding steroid dienone is 4. The molecule has 1 heterocycles. The van der Waals surface area contributed by atoms with Crippen LogP contribution < -0.4 is 5.73 Å². The molecule has 3 heteroatoms. The summed E-state index contributed by atoms with van der Waals surface area (Å²) >= 11 is 1.58. The van der Waals surface area contributed by atoms with Crippen molar-refractivity contribution < 1.29 is 0 Å². The van der Waals surface area contributed by atoms with Crippen molar-refractivity contribution in [1.29, 1.82) is 0 Å². The van der Waals surface area contributed by atoms with Crippen molar-refractivity contribution in [2.24, 2.45) is 22.0 Å². The number of nitrogens with zero attached hydrogens (tertiary/aromatic N) is 1. The van der Waals surface area contributed by atoms with Crippen LogP contribution in [0.4, 0.5) is 0 Å². The first-order valence-electron chi connectivity index (χ1n) is 4.15. The Morgan fingerprint density at radius 2 is 2.50 bits per heavy atom. The molecule has 0 saturated heterocycles. The highest BCUT2D eigenvalue weighted by Gasteiger charge is 2.31. The Morgan fingerprint density at radius 1 is 1.67 bits per heavy atom. The van der Waals surface area contributed by atoms with Crippen LogP contribution in [-0.2, 0) is 0 Å². The lowest BCUT2D eigenvalue weighted by Gasteiger charge is -2.20. The van der Waals surface area contributed by atoms with Crippen molar-refractivity contribution in [2.75, 3.05) is 6.54 Å². The van der Waals surface area contributed by atoms with Crippen LogP contribution in [0, 0.1) is 11.8 Å². The SMILES string of the molecule is C[C@H]1C=CC=C2SN=C(CN)C21. The van der Waals surface area contributed by atoms with E-state index in [9.17, 15) is 0 Å². The summed E-state index contributed by atoms with van der Waals surface area (Å²) in [6, 6.07) is 0. The van der Waals surface area contributed by atoms with Gasteiger partial charge in [0.1, 0.15) is 0 Å². The fourth-order valence-corrected chi connectivity index (χ4v) is 2.70. The molecule has 1 aliphatic heterocycles. The van der Waals surface area contributed by atoms with Gasteiger partial charge in [0.25, 0.3) is 0 Å². The van der Waals surface area contributed by atoms with Crippen LogP contribution in [0.3, 0.4) is 0 Å². The summed E-state index contributed by atoms with van der Waals surface area (Å²) in [6.07, 6.45) is 6.46. The van der Waals surface area contributed by atoms with Gasteiger partial charge in [-0.25, -0.2) is 4.40 Å². The molecular formula is C9H12N2S. The molecular weight excluding hydrogens is 168 g/mol. The van der Waals surface area contributed by atoms with E-state index in [0.29, 0.717) is 18.4 Å². The van der Waals surface area contributed by atoms with E-state index in [1.165, 1.54) is 4.91 Å². The molecule has 2 nitrogen and oxygen atoms in total. The van der Waals surface area contributed by atoms with Crippen molar-refractivity contribution in [3.05, 3.63) is 23.1 Å². The van der Waals surface area contributed by atoms with Crippen LogP contribution in [0.25, 0.3) is 0 Å². The van der Waals surface area contributed by atoms with E-state index >= 15 is 0 Å². The Bertz CT molecular complexity index is 278. The third-order valence-corrected chi connectivity index (χ3v) is 3.27. The zero-order chi connectivity index (χ0) is 8.55. The van der Waals surface area contributed by atoms with E-state index in [-0.39, 0.29) is 0 Å². The van der Waals surface area contributed by atoms with Gasteiger partial charge in [-0.2, -0.15) is 0 Å². The van der Waals surface area contributed by atoms with Crippen LogP contribution in [0.5, 0.6) is 0 Å². The average Bonchev–Trinajstić information content (AvgIpc) is 2.49. The molecule has 0 radical (unpaired) electrons. The summed E-state index contributed by atoms with van der Waals surface area (Å²) in [6.45, 7) is 2.80. The molecule has 2 N–H and O–H groups in total. The Labute approximate surface area is 76.8 Å². The van der Waals surface area contributed by atoms with E-state index in [1.54, 1.807) is 11.9 Å². The number of hydrogen-bond acceptors (Lipinski definition) is 3. The fraction of sp³-hybridized carbons (Fsp3) is 0.444. The Hall–Kier alpha value is -0.540. The number of fused-ring (bicyclic) bond motifs is 1. The van der Waals surface area contributed by atoms with Crippen molar-refractivity contribution in [3.8, 4) is 0 Å². The van der Waals surface area contributed by atoms with Crippen LogP contribution in [0.2, 0.25) is 0 Å². The molecule has 0 saturated carbocycles. The van der Waals surface area contributed by atoms with Crippen molar-refractivity contribution in [3.63, 3.8) is 0 Å².